The molecule has 0 aromatic carbocycles. The molecular weight excluding hydrogens is 222 g/mol. The highest BCUT2D eigenvalue weighted by molar-refractivity contribution is 5.74. The lowest BCUT2D eigenvalue weighted by molar-refractivity contribution is 0.110. The zero-order chi connectivity index (χ0) is 12.7. The zero-order valence-corrected chi connectivity index (χ0v) is 10.5. The van der Waals surface area contributed by atoms with Gasteiger partial charge in [0.05, 0.1) is 7.11 Å². The molecule has 1 heterocycles. The first-order chi connectivity index (χ1) is 8.17. The molecular formula is C11H21N3O3. The molecule has 0 saturated carbocycles. The number of ether oxygens (including phenoxy) is 1. The van der Waals surface area contributed by atoms with Crippen molar-refractivity contribution in [1.29, 1.82) is 0 Å². The van der Waals surface area contributed by atoms with Gasteiger partial charge in [0.1, 0.15) is 0 Å². The minimum atomic E-state index is -0.293. The second kappa shape index (κ2) is 6.98. The molecule has 1 aliphatic rings. The predicted molar refractivity (Wildman–Crippen MR) is 63.8 cm³/mol. The SMILES string of the molecule is CCCNC(=O)NC1CCN(C(=O)OC)CC1. The standard InChI is InChI=1S/C11H21N3O3/c1-3-6-12-10(15)13-9-4-7-14(8-5-9)11(16)17-2/h9H,3-8H2,1-2H3,(H2,12,13,15). The molecule has 0 aliphatic carbocycles. The second-order valence-corrected chi connectivity index (χ2v) is 4.13. The number of likely N-dealkylation sites (tertiary alicyclic amines) is 1. The Morgan fingerprint density at radius 1 is 1.35 bits per heavy atom. The molecule has 0 spiro atoms. The molecule has 6 nitrogen and oxygen atoms in total. The van der Waals surface area contributed by atoms with Gasteiger partial charge in [0.2, 0.25) is 0 Å². The molecule has 0 bridgehead atoms. The molecule has 1 saturated heterocycles. The van der Waals surface area contributed by atoms with Gasteiger partial charge in [0.15, 0.2) is 0 Å². The molecule has 0 aromatic rings. The number of carbonyl (C=O) groups excluding carboxylic acids is 2. The summed E-state index contributed by atoms with van der Waals surface area (Å²) >= 11 is 0. The summed E-state index contributed by atoms with van der Waals surface area (Å²) in [4.78, 5) is 24.3. The largest absolute Gasteiger partial charge is 0.453 e. The van der Waals surface area contributed by atoms with Gasteiger partial charge >= 0.3 is 12.1 Å². The third kappa shape index (κ3) is 4.50. The lowest BCUT2D eigenvalue weighted by Gasteiger charge is -2.31. The number of hydrogen-bond acceptors (Lipinski definition) is 3. The third-order valence-electron chi connectivity index (χ3n) is 2.80. The van der Waals surface area contributed by atoms with Gasteiger partial charge in [-0.3, -0.25) is 0 Å². The Labute approximate surface area is 102 Å². The normalized spacial score (nSPS) is 16.5. The molecule has 0 unspecified atom stereocenters. The van der Waals surface area contributed by atoms with Gasteiger partial charge in [-0.05, 0) is 19.3 Å². The fourth-order valence-electron chi connectivity index (χ4n) is 1.81. The van der Waals surface area contributed by atoms with Crippen LogP contribution in [0.5, 0.6) is 0 Å². The Kier molecular flexibility index (Phi) is 5.59. The number of rotatable bonds is 3. The quantitative estimate of drug-likeness (QED) is 0.774. The Hall–Kier alpha value is -1.46. The Morgan fingerprint density at radius 3 is 2.53 bits per heavy atom. The minimum absolute atomic E-state index is 0.122. The van der Waals surface area contributed by atoms with Crippen LogP contribution in [-0.4, -0.2) is 49.8 Å². The van der Waals surface area contributed by atoms with Gasteiger partial charge in [-0.25, -0.2) is 9.59 Å². The van der Waals surface area contributed by atoms with Gasteiger partial charge in [-0.1, -0.05) is 6.92 Å². The van der Waals surface area contributed by atoms with Crippen molar-refractivity contribution in [2.24, 2.45) is 0 Å². The van der Waals surface area contributed by atoms with E-state index in [0.29, 0.717) is 19.6 Å². The van der Waals surface area contributed by atoms with Crippen molar-refractivity contribution >= 4 is 12.1 Å². The van der Waals surface area contributed by atoms with Crippen LogP contribution in [0.15, 0.2) is 0 Å². The van der Waals surface area contributed by atoms with E-state index in [2.05, 4.69) is 15.4 Å². The molecule has 1 aliphatic heterocycles. The Morgan fingerprint density at radius 2 is 2.00 bits per heavy atom. The predicted octanol–water partition coefficient (Wildman–Crippen LogP) is 0.926. The summed E-state index contributed by atoms with van der Waals surface area (Å²) in [6, 6.07) is 0.0242. The van der Waals surface area contributed by atoms with Crippen molar-refractivity contribution < 1.29 is 14.3 Å². The summed E-state index contributed by atoms with van der Waals surface area (Å²) in [6.07, 6.45) is 2.18. The van der Waals surface area contributed by atoms with Crippen molar-refractivity contribution in [2.75, 3.05) is 26.7 Å². The van der Waals surface area contributed by atoms with E-state index in [1.165, 1.54) is 7.11 Å². The van der Waals surface area contributed by atoms with Crippen LogP contribution >= 0.6 is 0 Å². The van der Waals surface area contributed by atoms with Crippen molar-refractivity contribution in [2.45, 2.75) is 32.2 Å². The van der Waals surface area contributed by atoms with Crippen molar-refractivity contribution in [1.82, 2.24) is 15.5 Å². The number of piperidine rings is 1. The molecule has 1 rings (SSSR count). The maximum Gasteiger partial charge on any atom is 0.409 e. The van der Waals surface area contributed by atoms with Crippen LogP contribution in [-0.2, 0) is 4.74 Å². The van der Waals surface area contributed by atoms with E-state index in [4.69, 9.17) is 0 Å². The Balaban J connectivity index is 2.23. The van der Waals surface area contributed by atoms with E-state index in [9.17, 15) is 9.59 Å². The van der Waals surface area contributed by atoms with E-state index in [1.807, 2.05) is 6.92 Å². The van der Waals surface area contributed by atoms with Gasteiger partial charge < -0.3 is 20.3 Å². The highest BCUT2D eigenvalue weighted by atomic mass is 16.5. The number of methoxy groups -OCH3 is 1. The summed E-state index contributed by atoms with van der Waals surface area (Å²) in [5, 5.41) is 5.67. The van der Waals surface area contributed by atoms with E-state index < -0.39 is 0 Å². The fourth-order valence-corrected chi connectivity index (χ4v) is 1.81. The monoisotopic (exact) mass is 243 g/mol. The summed E-state index contributed by atoms with van der Waals surface area (Å²) < 4.78 is 4.65. The topological polar surface area (TPSA) is 70.7 Å². The van der Waals surface area contributed by atoms with Crippen LogP contribution in [0.3, 0.4) is 0 Å². The average Bonchev–Trinajstić information content (AvgIpc) is 2.36. The second-order valence-electron chi connectivity index (χ2n) is 4.13. The van der Waals surface area contributed by atoms with Crippen LogP contribution in [0.2, 0.25) is 0 Å². The number of nitrogens with one attached hydrogen (secondary N) is 2. The molecule has 98 valence electrons. The number of nitrogens with zero attached hydrogens (tertiary/aromatic N) is 1. The van der Waals surface area contributed by atoms with E-state index >= 15 is 0 Å². The maximum atomic E-state index is 11.4. The van der Waals surface area contributed by atoms with E-state index in [1.54, 1.807) is 4.90 Å². The van der Waals surface area contributed by atoms with Gasteiger partial charge in [-0.2, -0.15) is 0 Å². The lowest BCUT2D eigenvalue weighted by atomic mass is 10.1. The van der Waals surface area contributed by atoms with Crippen molar-refractivity contribution in [3.8, 4) is 0 Å². The first-order valence-corrected chi connectivity index (χ1v) is 6.04. The smallest absolute Gasteiger partial charge is 0.409 e. The lowest BCUT2D eigenvalue weighted by Crippen LogP contribution is -2.49. The van der Waals surface area contributed by atoms with Gasteiger partial charge in [-0.15, -0.1) is 0 Å². The molecule has 0 atom stereocenters. The molecule has 1 fully saturated rings. The average molecular weight is 243 g/mol. The van der Waals surface area contributed by atoms with E-state index in [0.717, 1.165) is 19.3 Å². The fraction of sp³-hybridized carbons (Fsp3) is 0.818. The van der Waals surface area contributed by atoms with Crippen molar-refractivity contribution in [3.05, 3.63) is 0 Å². The molecule has 3 amide bonds. The number of urea groups is 1. The molecule has 0 aromatic heterocycles. The molecule has 17 heavy (non-hydrogen) atoms. The van der Waals surface area contributed by atoms with Crippen LogP contribution in [0.1, 0.15) is 26.2 Å². The number of hydrogen-bond donors (Lipinski definition) is 2. The zero-order valence-electron chi connectivity index (χ0n) is 10.5. The first-order valence-electron chi connectivity index (χ1n) is 6.04. The van der Waals surface area contributed by atoms with Crippen LogP contribution in [0.25, 0.3) is 0 Å². The van der Waals surface area contributed by atoms with Gasteiger partial charge in [0, 0.05) is 25.7 Å². The van der Waals surface area contributed by atoms with Crippen molar-refractivity contribution in [3.63, 3.8) is 0 Å². The third-order valence-corrected chi connectivity index (χ3v) is 2.80. The Bertz CT molecular complexity index is 263. The van der Waals surface area contributed by atoms with E-state index in [-0.39, 0.29) is 18.2 Å². The van der Waals surface area contributed by atoms with Crippen LogP contribution in [0, 0.1) is 0 Å². The maximum absolute atomic E-state index is 11.4. The molecule has 0 radical (unpaired) electrons. The summed E-state index contributed by atoms with van der Waals surface area (Å²) in [5.74, 6) is 0. The summed E-state index contributed by atoms with van der Waals surface area (Å²) in [7, 11) is 1.38. The number of carbonyl (C=O) groups is 2. The first kappa shape index (κ1) is 13.6. The minimum Gasteiger partial charge on any atom is -0.453 e. The van der Waals surface area contributed by atoms with Gasteiger partial charge in [0.25, 0.3) is 0 Å². The number of amides is 3. The highest BCUT2D eigenvalue weighted by Gasteiger charge is 2.23. The molecule has 2 N–H and O–H groups in total. The highest BCUT2D eigenvalue weighted by Crippen LogP contribution is 2.10. The summed E-state index contributed by atoms with van der Waals surface area (Å²) in [5.41, 5.74) is 0. The summed E-state index contributed by atoms with van der Waals surface area (Å²) in [6.45, 7) is 3.96. The molecule has 6 heteroatoms. The van der Waals surface area contributed by atoms with Crippen LogP contribution < -0.4 is 10.6 Å². The van der Waals surface area contributed by atoms with Crippen LogP contribution in [0.4, 0.5) is 9.59 Å².